The molecule has 1 atom stereocenters. The van der Waals surface area contributed by atoms with Gasteiger partial charge in [0, 0.05) is 35.9 Å². The van der Waals surface area contributed by atoms with E-state index in [1.54, 1.807) is 12.1 Å². The molecule has 0 spiro atoms. The van der Waals surface area contributed by atoms with Gasteiger partial charge in [0.2, 0.25) is 0 Å². The molecule has 0 bridgehead atoms. The average Bonchev–Trinajstić information content (AvgIpc) is 2.77. The van der Waals surface area contributed by atoms with E-state index in [9.17, 15) is 13.2 Å². The smallest absolute Gasteiger partial charge is 0.314 e. The molecule has 2 nitrogen and oxygen atoms in total. The number of alkyl halides is 3. The molecule has 20 heavy (non-hydrogen) atoms. The van der Waals surface area contributed by atoms with Crippen LogP contribution in [0.25, 0.3) is 0 Å². The van der Waals surface area contributed by atoms with E-state index in [4.69, 9.17) is 0 Å². The van der Waals surface area contributed by atoms with Crippen molar-refractivity contribution in [3.63, 3.8) is 0 Å². The number of aryl methyl sites for hydroxylation is 1. The second kappa shape index (κ2) is 8.44. The SMILES string of the molecule is CCc1ccc([C@H](N2CCNCC2)C(F)(F)F)s1.Cl.Cl. The minimum absolute atomic E-state index is 0. The first kappa shape index (κ1) is 20.0. The lowest BCUT2D eigenvalue weighted by Gasteiger charge is -2.35. The van der Waals surface area contributed by atoms with Gasteiger partial charge in [0.1, 0.15) is 6.04 Å². The first-order chi connectivity index (χ1) is 8.52. The van der Waals surface area contributed by atoms with Crippen molar-refractivity contribution >= 4 is 36.2 Å². The van der Waals surface area contributed by atoms with Gasteiger partial charge in [-0.15, -0.1) is 36.2 Å². The van der Waals surface area contributed by atoms with Gasteiger partial charge in [-0.05, 0) is 18.6 Å². The van der Waals surface area contributed by atoms with Crippen LogP contribution in [0.3, 0.4) is 0 Å². The zero-order valence-corrected chi connectivity index (χ0v) is 13.5. The number of hydrogen-bond acceptors (Lipinski definition) is 3. The van der Waals surface area contributed by atoms with Crippen LogP contribution in [0.15, 0.2) is 12.1 Å². The topological polar surface area (TPSA) is 15.3 Å². The zero-order chi connectivity index (χ0) is 13.2. The molecule has 1 aromatic heterocycles. The third kappa shape index (κ3) is 4.77. The van der Waals surface area contributed by atoms with E-state index < -0.39 is 12.2 Å². The summed E-state index contributed by atoms with van der Waals surface area (Å²) in [5.74, 6) is 0. The molecule has 0 radical (unpaired) electrons. The lowest BCUT2D eigenvalue weighted by atomic mass is 10.1. The van der Waals surface area contributed by atoms with E-state index in [1.807, 2.05) is 6.92 Å². The Bertz CT molecular complexity index is 392. The molecule has 1 saturated heterocycles. The molecular weight excluding hydrogens is 332 g/mol. The Morgan fingerprint density at radius 2 is 1.85 bits per heavy atom. The number of thiophene rings is 1. The summed E-state index contributed by atoms with van der Waals surface area (Å²) in [6.45, 7) is 4.10. The van der Waals surface area contributed by atoms with Gasteiger partial charge in [-0.2, -0.15) is 13.2 Å². The van der Waals surface area contributed by atoms with Gasteiger partial charge < -0.3 is 5.32 Å². The molecular formula is C12H19Cl2F3N2S. The third-order valence-corrected chi connectivity index (χ3v) is 4.41. The van der Waals surface area contributed by atoms with Gasteiger partial charge in [0.05, 0.1) is 0 Å². The van der Waals surface area contributed by atoms with E-state index in [-0.39, 0.29) is 24.8 Å². The third-order valence-electron chi connectivity index (χ3n) is 3.13. The Labute approximate surface area is 133 Å². The summed E-state index contributed by atoms with van der Waals surface area (Å²) < 4.78 is 39.7. The minimum Gasteiger partial charge on any atom is -0.314 e. The molecule has 118 valence electrons. The molecule has 0 saturated carbocycles. The monoisotopic (exact) mass is 350 g/mol. The molecule has 1 N–H and O–H groups in total. The van der Waals surface area contributed by atoms with Crippen LogP contribution in [0.2, 0.25) is 0 Å². The summed E-state index contributed by atoms with van der Waals surface area (Å²) in [7, 11) is 0. The highest BCUT2D eigenvalue weighted by atomic mass is 35.5. The molecule has 0 aliphatic carbocycles. The fourth-order valence-electron chi connectivity index (χ4n) is 2.22. The van der Waals surface area contributed by atoms with Crippen LogP contribution in [-0.4, -0.2) is 37.3 Å². The van der Waals surface area contributed by atoms with Crippen LogP contribution in [-0.2, 0) is 6.42 Å². The van der Waals surface area contributed by atoms with Crippen molar-refractivity contribution in [3.8, 4) is 0 Å². The van der Waals surface area contributed by atoms with Crippen molar-refractivity contribution in [1.29, 1.82) is 0 Å². The van der Waals surface area contributed by atoms with Crippen LogP contribution in [0, 0.1) is 0 Å². The first-order valence-corrected chi connectivity index (χ1v) is 6.94. The summed E-state index contributed by atoms with van der Waals surface area (Å²) in [4.78, 5) is 2.96. The Morgan fingerprint density at radius 3 is 2.30 bits per heavy atom. The Kier molecular flexibility index (Phi) is 8.43. The first-order valence-electron chi connectivity index (χ1n) is 6.12. The van der Waals surface area contributed by atoms with Gasteiger partial charge in [-0.1, -0.05) is 6.92 Å². The largest absolute Gasteiger partial charge is 0.408 e. The fraction of sp³-hybridized carbons (Fsp3) is 0.667. The van der Waals surface area contributed by atoms with Crippen molar-refractivity contribution in [1.82, 2.24) is 10.2 Å². The molecule has 2 rings (SSSR count). The molecule has 1 aliphatic heterocycles. The van der Waals surface area contributed by atoms with Crippen LogP contribution >= 0.6 is 36.2 Å². The molecule has 0 aromatic carbocycles. The normalized spacial score (nSPS) is 18.0. The molecule has 0 amide bonds. The lowest BCUT2D eigenvalue weighted by molar-refractivity contribution is -0.186. The Balaban J connectivity index is 0.00000180. The minimum atomic E-state index is -4.20. The number of piperazine rings is 1. The number of nitrogens with one attached hydrogen (secondary N) is 1. The maximum atomic E-state index is 13.2. The zero-order valence-electron chi connectivity index (χ0n) is 11.1. The molecule has 2 heterocycles. The number of rotatable bonds is 3. The Morgan fingerprint density at radius 1 is 1.25 bits per heavy atom. The van der Waals surface area contributed by atoms with Crippen molar-refractivity contribution in [2.24, 2.45) is 0 Å². The van der Waals surface area contributed by atoms with E-state index in [0.717, 1.165) is 11.3 Å². The lowest BCUT2D eigenvalue weighted by Crippen LogP contribution is -2.48. The maximum absolute atomic E-state index is 13.2. The summed E-state index contributed by atoms with van der Waals surface area (Å²) in [5.41, 5.74) is 0. The maximum Gasteiger partial charge on any atom is 0.408 e. The average molecular weight is 351 g/mol. The predicted octanol–water partition coefficient (Wildman–Crippen LogP) is 3.66. The van der Waals surface area contributed by atoms with E-state index in [0.29, 0.717) is 31.1 Å². The van der Waals surface area contributed by atoms with Gasteiger partial charge in [0.25, 0.3) is 0 Å². The van der Waals surface area contributed by atoms with Crippen molar-refractivity contribution in [2.45, 2.75) is 25.6 Å². The van der Waals surface area contributed by atoms with E-state index in [1.165, 1.54) is 16.2 Å². The van der Waals surface area contributed by atoms with Crippen molar-refractivity contribution in [3.05, 3.63) is 21.9 Å². The van der Waals surface area contributed by atoms with Crippen LogP contribution < -0.4 is 5.32 Å². The second-order valence-electron chi connectivity index (χ2n) is 4.39. The molecule has 1 aliphatic rings. The van der Waals surface area contributed by atoms with Gasteiger partial charge in [-0.25, -0.2) is 0 Å². The summed E-state index contributed by atoms with van der Waals surface area (Å²) in [5, 5.41) is 3.08. The molecule has 1 fully saturated rings. The van der Waals surface area contributed by atoms with Crippen molar-refractivity contribution in [2.75, 3.05) is 26.2 Å². The van der Waals surface area contributed by atoms with Crippen LogP contribution in [0.5, 0.6) is 0 Å². The number of hydrogen-bond donors (Lipinski definition) is 1. The summed E-state index contributed by atoms with van der Waals surface area (Å²) in [6.07, 6.45) is -3.41. The Hall–Kier alpha value is -0.0100. The standard InChI is InChI=1S/C12H17F3N2S.2ClH/c1-2-9-3-4-10(18-9)11(12(13,14)15)17-7-5-16-6-8-17;;/h3-4,11,16H,2,5-8H2,1H3;2*1H/t11-;;/m0../s1. The van der Waals surface area contributed by atoms with Crippen LogP contribution in [0.1, 0.15) is 22.7 Å². The molecule has 8 heteroatoms. The van der Waals surface area contributed by atoms with Crippen molar-refractivity contribution < 1.29 is 13.2 Å². The second-order valence-corrected chi connectivity index (χ2v) is 5.59. The quantitative estimate of drug-likeness (QED) is 0.894. The van der Waals surface area contributed by atoms with E-state index in [2.05, 4.69) is 5.32 Å². The summed E-state index contributed by atoms with van der Waals surface area (Å²) in [6, 6.07) is 2.00. The highest BCUT2D eigenvalue weighted by molar-refractivity contribution is 7.12. The number of nitrogens with zero attached hydrogens (tertiary/aromatic N) is 1. The summed E-state index contributed by atoms with van der Waals surface area (Å²) >= 11 is 1.28. The molecule has 0 unspecified atom stereocenters. The molecule has 1 aromatic rings. The number of halogens is 5. The fourth-order valence-corrected chi connectivity index (χ4v) is 3.33. The highest BCUT2D eigenvalue weighted by Gasteiger charge is 2.45. The van der Waals surface area contributed by atoms with Gasteiger partial charge in [-0.3, -0.25) is 4.90 Å². The van der Waals surface area contributed by atoms with Crippen LogP contribution in [0.4, 0.5) is 13.2 Å². The highest BCUT2D eigenvalue weighted by Crippen LogP contribution is 2.40. The van der Waals surface area contributed by atoms with Gasteiger partial charge >= 0.3 is 6.18 Å². The predicted molar refractivity (Wildman–Crippen MR) is 81.4 cm³/mol. The van der Waals surface area contributed by atoms with Gasteiger partial charge in [0.15, 0.2) is 0 Å². The van der Waals surface area contributed by atoms with E-state index >= 15 is 0 Å².